The van der Waals surface area contributed by atoms with Gasteiger partial charge in [-0.25, -0.2) is 0 Å². The van der Waals surface area contributed by atoms with Crippen LogP contribution in [0.1, 0.15) is 43.3 Å². The number of nitro benzene ring substituents is 1. The second kappa shape index (κ2) is 11.3. The monoisotopic (exact) mass is 480 g/mol. The third-order valence-corrected chi connectivity index (χ3v) is 5.58. The molecule has 1 aromatic heterocycles. The summed E-state index contributed by atoms with van der Waals surface area (Å²) in [6, 6.07) is 12.4. The lowest BCUT2D eigenvalue weighted by atomic mass is 10.2. The largest absolute Gasteiger partial charge is 0.493 e. The molecule has 0 radical (unpaired) electrons. The maximum absolute atomic E-state index is 11.7. The molecule has 0 unspecified atom stereocenters. The first-order valence-corrected chi connectivity index (χ1v) is 11.5. The minimum atomic E-state index is -0.507. The Kier molecular flexibility index (Phi) is 8.21. The Hall–Kier alpha value is -3.91. The molecule has 0 N–H and O–H groups in total. The van der Waals surface area contributed by atoms with Crippen LogP contribution in [-0.2, 0) is 12.2 Å². The number of nitro groups is 1. The standard InChI is InChI=1S/C23H24N6O4S/c1-5-21-26-27-23(34-14-17-8-6-16(12-24)7-9-17)28(21)25-13-18-10-19(29(30)31)22(33-15(2)3)20(11-18)32-4/h6-11,13,15H,5,14H2,1-4H3/b25-13-. The fourth-order valence-electron chi connectivity index (χ4n) is 2.99. The van der Waals surface area contributed by atoms with Gasteiger partial charge >= 0.3 is 5.69 Å². The number of thioether (sulfide) groups is 1. The lowest BCUT2D eigenvalue weighted by Gasteiger charge is -2.14. The molecule has 11 heteroatoms. The lowest BCUT2D eigenvalue weighted by Crippen LogP contribution is -2.09. The van der Waals surface area contributed by atoms with E-state index in [1.54, 1.807) is 36.7 Å². The van der Waals surface area contributed by atoms with Crippen LogP contribution in [0.15, 0.2) is 46.7 Å². The Balaban J connectivity index is 1.89. The van der Waals surface area contributed by atoms with Crippen LogP contribution in [0.3, 0.4) is 0 Å². The van der Waals surface area contributed by atoms with Crippen LogP contribution in [-0.4, -0.2) is 39.2 Å². The zero-order valence-corrected chi connectivity index (χ0v) is 20.1. The van der Waals surface area contributed by atoms with Gasteiger partial charge in [0.2, 0.25) is 10.9 Å². The zero-order chi connectivity index (χ0) is 24.7. The molecule has 0 saturated carbocycles. The topological polar surface area (TPSA) is 128 Å². The smallest absolute Gasteiger partial charge is 0.315 e. The molecule has 10 nitrogen and oxygen atoms in total. The highest BCUT2D eigenvalue weighted by Gasteiger charge is 2.23. The van der Waals surface area contributed by atoms with Crippen molar-refractivity contribution in [2.75, 3.05) is 7.11 Å². The molecular weight excluding hydrogens is 456 g/mol. The minimum absolute atomic E-state index is 0.0804. The molecule has 0 atom stereocenters. The van der Waals surface area contributed by atoms with Gasteiger partial charge in [-0.2, -0.15) is 15.0 Å². The van der Waals surface area contributed by atoms with Crippen molar-refractivity contribution >= 4 is 23.7 Å². The summed E-state index contributed by atoms with van der Waals surface area (Å²) >= 11 is 1.45. The molecule has 0 saturated heterocycles. The van der Waals surface area contributed by atoms with Gasteiger partial charge < -0.3 is 9.47 Å². The summed E-state index contributed by atoms with van der Waals surface area (Å²) in [4.78, 5) is 11.1. The second-order valence-corrected chi connectivity index (χ2v) is 8.34. The van der Waals surface area contributed by atoms with Gasteiger partial charge in [0.05, 0.1) is 36.0 Å². The van der Waals surface area contributed by atoms with Crippen molar-refractivity contribution in [1.29, 1.82) is 5.26 Å². The lowest BCUT2D eigenvalue weighted by molar-refractivity contribution is -0.386. The number of ether oxygens (including phenoxy) is 2. The van der Waals surface area contributed by atoms with Crippen molar-refractivity contribution in [1.82, 2.24) is 14.9 Å². The van der Waals surface area contributed by atoms with Crippen LogP contribution < -0.4 is 9.47 Å². The number of aromatic nitrogens is 3. The molecular formula is C23H24N6O4S. The number of aryl methyl sites for hydroxylation is 1. The van der Waals surface area contributed by atoms with E-state index in [-0.39, 0.29) is 23.3 Å². The summed E-state index contributed by atoms with van der Waals surface area (Å²) in [7, 11) is 1.43. The predicted octanol–water partition coefficient (Wildman–Crippen LogP) is 4.59. The van der Waals surface area contributed by atoms with Crippen molar-refractivity contribution in [2.45, 2.75) is 44.2 Å². The van der Waals surface area contributed by atoms with Crippen LogP contribution >= 0.6 is 11.8 Å². The highest BCUT2D eigenvalue weighted by Crippen LogP contribution is 2.38. The summed E-state index contributed by atoms with van der Waals surface area (Å²) in [5.41, 5.74) is 1.90. The second-order valence-electron chi connectivity index (χ2n) is 7.40. The van der Waals surface area contributed by atoms with Gasteiger partial charge in [-0.15, -0.1) is 10.2 Å². The number of nitrogens with zero attached hydrogens (tertiary/aromatic N) is 6. The van der Waals surface area contributed by atoms with E-state index < -0.39 is 4.92 Å². The van der Waals surface area contributed by atoms with E-state index in [1.165, 1.54) is 31.2 Å². The molecule has 0 amide bonds. The third kappa shape index (κ3) is 5.90. The molecule has 3 rings (SSSR count). The quantitative estimate of drug-likeness (QED) is 0.178. The average molecular weight is 481 g/mol. The Labute approximate surface area is 201 Å². The van der Waals surface area contributed by atoms with E-state index in [9.17, 15) is 10.1 Å². The summed E-state index contributed by atoms with van der Waals surface area (Å²) in [6.45, 7) is 5.51. The normalized spacial score (nSPS) is 11.1. The minimum Gasteiger partial charge on any atom is -0.493 e. The van der Waals surface area contributed by atoms with Crippen molar-refractivity contribution in [3.8, 4) is 17.6 Å². The number of methoxy groups -OCH3 is 1. The maximum Gasteiger partial charge on any atom is 0.315 e. The van der Waals surface area contributed by atoms with Gasteiger partial charge in [-0.1, -0.05) is 30.8 Å². The van der Waals surface area contributed by atoms with E-state index in [0.717, 1.165) is 5.56 Å². The molecule has 1 heterocycles. The molecule has 0 aliphatic carbocycles. The fraction of sp³-hybridized carbons (Fsp3) is 0.304. The molecule has 3 aromatic rings. The molecule has 0 aliphatic heterocycles. The van der Waals surface area contributed by atoms with Gasteiger partial charge in [0, 0.05) is 23.8 Å². The summed E-state index contributed by atoms with van der Waals surface area (Å²) in [5, 5.41) is 34.1. The molecule has 2 aromatic carbocycles. The summed E-state index contributed by atoms with van der Waals surface area (Å²) < 4.78 is 12.6. The van der Waals surface area contributed by atoms with Crippen LogP contribution in [0.5, 0.6) is 11.5 Å². The van der Waals surface area contributed by atoms with Crippen LogP contribution in [0.2, 0.25) is 0 Å². The predicted molar refractivity (Wildman–Crippen MR) is 129 cm³/mol. The highest BCUT2D eigenvalue weighted by atomic mass is 32.2. The Morgan fingerprint density at radius 3 is 2.62 bits per heavy atom. The number of rotatable bonds is 10. The number of nitriles is 1. The van der Waals surface area contributed by atoms with Crippen molar-refractivity contribution < 1.29 is 14.4 Å². The first-order valence-electron chi connectivity index (χ1n) is 10.5. The van der Waals surface area contributed by atoms with Crippen LogP contribution in [0.4, 0.5) is 5.69 Å². The van der Waals surface area contributed by atoms with E-state index in [0.29, 0.717) is 34.3 Å². The van der Waals surface area contributed by atoms with Crippen molar-refractivity contribution in [3.05, 3.63) is 69.0 Å². The third-order valence-electron chi connectivity index (χ3n) is 4.59. The number of benzene rings is 2. The van der Waals surface area contributed by atoms with Crippen LogP contribution in [0.25, 0.3) is 0 Å². The number of hydrogen-bond acceptors (Lipinski definition) is 9. The van der Waals surface area contributed by atoms with Gasteiger partial charge in [-0.3, -0.25) is 10.1 Å². The first-order chi connectivity index (χ1) is 16.4. The van der Waals surface area contributed by atoms with E-state index in [4.69, 9.17) is 14.7 Å². The van der Waals surface area contributed by atoms with Crippen LogP contribution in [0, 0.1) is 21.4 Å². The SMILES string of the molecule is CCc1nnc(SCc2ccc(C#N)cc2)n1/N=C\c1cc(OC)c(OC(C)C)c([N+](=O)[O-])c1. The average Bonchev–Trinajstić information content (AvgIpc) is 3.23. The van der Waals surface area contributed by atoms with E-state index >= 15 is 0 Å². The maximum atomic E-state index is 11.7. The van der Waals surface area contributed by atoms with Gasteiger partial charge in [0.25, 0.3) is 0 Å². The first kappa shape index (κ1) is 24.7. The molecule has 34 heavy (non-hydrogen) atoms. The Morgan fingerprint density at radius 1 is 1.29 bits per heavy atom. The van der Waals surface area contributed by atoms with Gasteiger partial charge in [0.15, 0.2) is 11.6 Å². The summed E-state index contributed by atoms with van der Waals surface area (Å²) in [6.07, 6.45) is 1.85. The molecule has 0 aliphatic rings. The molecule has 0 bridgehead atoms. The Bertz CT molecular complexity index is 1230. The van der Waals surface area contributed by atoms with Crippen molar-refractivity contribution in [2.24, 2.45) is 5.10 Å². The fourth-order valence-corrected chi connectivity index (χ4v) is 3.86. The van der Waals surface area contributed by atoms with E-state index in [1.807, 2.05) is 19.1 Å². The summed E-state index contributed by atoms with van der Waals surface area (Å²) in [5.74, 6) is 1.60. The molecule has 176 valence electrons. The highest BCUT2D eigenvalue weighted by molar-refractivity contribution is 7.98. The Morgan fingerprint density at radius 2 is 2.03 bits per heavy atom. The molecule has 0 spiro atoms. The van der Waals surface area contributed by atoms with Crippen molar-refractivity contribution in [3.63, 3.8) is 0 Å². The number of hydrogen-bond donors (Lipinski definition) is 0. The van der Waals surface area contributed by atoms with E-state index in [2.05, 4.69) is 21.4 Å². The van der Waals surface area contributed by atoms with Gasteiger partial charge in [-0.05, 0) is 37.6 Å². The molecule has 0 fully saturated rings. The zero-order valence-electron chi connectivity index (χ0n) is 19.3. The van der Waals surface area contributed by atoms with Gasteiger partial charge in [0.1, 0.15) is 0 Å².